The summed E-state index contributed by atoms with van der Waals surface area (Å²) in [5.74, 6) is 0.424. The minimum absolute atomic E-state index is 0.234. The van der Waals surface area contributed by atoms with Crippen LogP contribution in [0.15, 0.2) is 29.6 Å². The normalized spacial score (nSPS) is 9.94. The second-order valence-corrected chi connectivity index (χ2v) is 4.35. The Hall–Kier alpha value is -1.95. The monoisotopic (exact) mass is 248 g/mol. The topological polar surface area (TPSA) is 66.9 Å². The van der Waals surface area contributed by atoms with Gasteiger partial charge in [-0.3, -0.25) is 4.79 Å². The maximum absolute atomic E-state index is 11.2. The van der Waals surface area contributed by atoms with Crippen LogP contribution in [0, 0.1) is 0 Å². The fourth-order valence-corrected chi connectivity index (χ4v) is 1.91. The van der Waals surface area contributed by atoms with Crippen LogP contribution in [0.25, 0.3) is 0 Å². The molecule has 0 bridgehead atoms. The van der Waals surface area contributed by atoms with Gasteiger partial charge in [0.1, 0.15) is 5.82 Å². The smallest absolute Gasteiger partial charge is 0.271 e. The van der Waals surface area contributed by atoms with Crippen LogP contribution in [0.1, 0.15) is 15.4 Å². The third kappa shape index (κ3) is 3.01. The molecule has 0 spiro atoms. The zero-order chi connectivity index (χ0) is 12.1. The molecule has 88 valence electrons. The third-order valence-electron chi connectivity index (χ3n) is 2.15. The number of carbonyl (C=O) groups is 1. The summed E-state index contributed by atoms with van der Waals surface area (Å²) < 4.78 is 0. The number of amides is 1. The summed E-state index contributed by atoms with van der Waals surface area (Å²) in [6, 6.07) is 7.43. The van der Waals surface area contributed by atoms with E-state index in [-0.39, 0.29) is 5.91 Å². The van der Waals surface area contributed by atoms with Gasteiger partial charge in [-0.25, -0.2) is 0 Å². The van der Waals surface area contributed by atoms with E-state index < -0.39 is 0 Å². The lowest BCUT2D eigenvalue weighted by Gasteiger charge is -2.03. The number of aromatic nitrogens is 2. The van der Waals surface area contributed by atoms with Crippen molar-refractivity contribution in [2.24, 2.45) is 0 Å². The van der Waals surface area contributed by atoms with Crippen LogP contribution in [0.3, 0.4) is 0 Å². The molecule has 0 unspecified atom stereocenters. The predicted octanol–water partition coefficient (Wildman–Crippen LogP) is 1.51. The Kier molecular flexibility index (Phi) is 3.66. The van der Waals surface area contributed by atoms with Crippen LogP contribution in [0.2, 0.25) is 0 Å². The summed E-state index contributed by atoms with van der Waals surface area (Å²) >= 11 is 1.68. The molecule has 17 heavy (non-hydrogen) atoms. The average Bonchev–Trinajstić information content (AvgIpc) is 2.89. The van der Waals surface area contributed by atoms with Gasteiger partial charge >= 0.3 is 0 Å². The van der Waals surface area contributed by atoms with Gasteiger partial charge in [0.2, 0.25) is 0 Å². The summed E-state index contributed by atoms with van der Waals surface area (Å²) in [4.78, 5) is 12.5. The first-order chi connectivity index (χ1) is 8.29. The Labute approximate surface area is 103 Å². The Morgan fingerprint density at radius 2 is 2.24 bits per heavy atom. The van der Waals surface area contributed by atoms with Crippen LogP contribution in [0.4, 0.5) is 5.82 Å². The summed E-state index contributed by atoms with van der Waals surface area (Å²) in [5, 5.41) is 15.4. The fraction of sp³-hybridized carbons (Fsp3) is 0.182. The molecule has 2 rings (SSSR count). The predicted molar refractivity (Wildman–Crippen MR) is 67.1 cm³/mol. The molecular formula is C11H12N4OS. The van der Waals surface area contributed by atoms with E-state index >= 15 is 0 Å². The van der Waals surface area contributed by atoms with Crippen molar-refractivity contribution >= 4 is 23.1 Å². The minimum Gasteiger partial charge on any atom is -0.364 e. The van der Waals surface area contributed by atoms with E-state index in [1.54, 1.807) is 30.5 Å². The van der Waals surface area contributed by atoms with E-state index in [9.17, 15) is 4.79 Å². The lowest BCUT2D eigenvalue weighted by Crippen LogP contribution is -2.19. The van der Waals surface area contributed by atoms with Gasteiger partial charge < -0.3 is 10.6 Å². The Morgan fingerprint density at radius 1 is 1.35 bits per heavy atom. The molecule has 0 aliphatic heterocycles. The van der Waals surface area contributed by atoms with Crippen molar-refractivity contribution in [3.05, 3.63) is 40.2 Å². The third-order valence-corrected chi connectivity index (χ3v) is 3.02. The number of anilines is 1. The molecule has 6 heteroatoms. The fourth-order valence-electron chi connectivity index (χ4n) is 1.27. The Morgan fingerprint density at radius 3 is 2.82 bits per heavy atom. The Bertz CT molecular complexity index is 481. The highest BCUT2D eigenvalue weighted by atomic mass is 32.1. The number of hydrogen-bond acceptors (Lipinski definition) is 5. The zero-order valence-electron chi connectivity index (χ0n) is 9.30. The highest BCUT2D eigenvalue weighted by Crippen LogP contribution is 2.10. The van der Waals surface area contributed by atoms with Crippen LogP contribution >= 0.6 is 11.3 Å². The SMILES string of the molecule is CNC(=O)c1ccc(NCc2cccs2)nn1. The number of carbonyl (C=O) groups excluding carboxylic acids is 1. The highest BCUT2D eigenvalue weighted by Gasteiger charge is 2.05. The van der Waals surface area contributed by atoms with Gasteiger partial charge in [-0.1, -0.05) is 6.07 Å². The molecule has 0 saturated heterocycles. The zero-order valence-corrected chi connectivity index (χ0v) is 10.1. The van der Waals surface area contributed by atoms with E-state index in [0.717, 1.165) is 0 Å². The first-order valence-corrected chi connectivity index (χ1v) is 5.99. The van der Waals surface area contributed by atoms with Gasteiger partial charge in [-0.05, 0) is 23.6 Å². The van der Waals surface area contributed by atoms with Gasteiger partial charge in [-0.15, -0.1) is 21.5 Å². The second kappa shape index (κ2) is 5.40. The molecular weight excluding hydrogens is 236 g/mol. The van der Waals surface area contributed by atoms with Gasteiger partial charge in [0, 0.05) is 11.9 Å². The van der Waals surface area contributed by atoms with E-state index in [4.69, 9.17) is 0 Å². The molecule has 2 N–H and O–H groups in total. The lowest BCUT2D eigenvalue weighted by atomic mass is 10.3. The number of nitrogens with zero attached hydrogens (tertiary/aromatic N) is 2. The summed E-state index contributed by atoms with van der Waals surface area (Å²) in [7, 11) is 1.56. The summed E-state index contributed by atoms with van der Waals surface area (Å²) in [6.45, 7) is 0.714. The number of rotatable bonds is 4. The molecule has 0 fully saturated rings. The molecule has 0 aliphatic carbocycles. The standard InChI is InChI=1S/C11H12N4OS/c1-12-11(16)9-4-5-10(15-14-9)13-7-8-3-2-6-17-8/h2-6H,7H2,1H3,(H,12,16)(H,13,15). The van der Waals surface area contributed by atoms with Crippen LogP contribution in [0.5, 0.6) is 0 Å². The summed E-state index contributed by atoms with van der Waals surface area (Å²) in [6.07, 6.45) is 0. The molecule has 2 aromatic heterocycles. The molecule has 0 saturated carbocycles. The van der Waals surface area contributed by atoms with Crippen molar-refractivity contribution in [3.8, 4) is 0 Å². The highest BCUT2D eigenvalue weighted by molar-refractivity contribution is 7.09. The van der Waals surface area contributed by atoms with Crippen molar-refractivity contribution in [2.75, 3.05) is 12.4 Å². The van der Waals surface area contributed by atoms with Crippen LogP contribution in [-0.2, 0) is 6.54 Å². The van der Waals surface area contributed by atoms with E-state index in [1.165, 1.54) is 4.88 Å². The van der Waals surface area contributed by atoms with Gasteiger partial charge in [-0.2, -0.15) is 0 Å². The second-order valence-electron chi connectivity index (χ2n) is 3.32. The number of nitrogens with one attached hydrogen (secondary N) is 2. The summed E-state index contributed by atoms with van der Waals surface area (Å²) in [5.41, 5.74) is 0.314. The minimum atomic E-state index is -0.234. The molecule has 0 aliphatic rings. The maximum atomic E-state index is 11.2. The molecule has 2 heterocycles. The van der Waals surface area contributed by atoms with Gasteiger partial charge in [0.05, 0.1) is 6.54 Å². The molecule has 1 amide bonds. The molecule has 0 radical (unpaired) electrons. The van der Waals surface area contributed by atoms with Crippen molar-refractivity contribution in [1.82, 2.24) is 15.5 Å². The van der Waals surface area contributed by atoms with E-state index in [2.05, 4.69) is 20.8 Å². The number of hydrogen-bond donors (Lipinski definition) is 2. The molecule has 2 aromatic rings. The van der Waals surface area contributed by atoms with Crippen LogP contribution < -0.4 is 10.6 Å². The van der Waals surface area contributed by atoms with Crippen molar-refractivity contribution < 1.29 is 4.79 Å². The first-order valence-electron chi connectivity index (χ1n) is 5.11. The largest absolute Gasteiger partial charge is 0.364 e. The Balaban J connectivity index is 1.96. The van der Waals surface area contributed by atoms with Crippen molar-refractivity contribution in [1.29, 1.82) is 0 Å². The first kappa shape index (κ1) is 11.5. The van der Waals surface area contributed by atoms with E-state index in [0.29, 0.717) is 18.1 Å². The van der Waals surface area contributed by atoms with E-state index in [1.807, 2.05) is 17.5 Å². The maximum Gasteiger partial charge on any atom is 0.271 e. The van der Waals surface area contributed by atoms with Crippen molar-refractivity contribution in [2.45, 2.75) is 6.54 Å². The molecule has 0 atom stereocenters. The lowest BCUT2D eigenvalue weighted by molar-refractivity contribution is 0.0957. The average molecular weight is 248 g/mol. The van der Waals surface area contributed by atoms with Gasteiger partial charge in [0.15, 0.2) is 5.69 Å². The molecule has 5 nitrogen and oxygen atoms in total. The van der Waals surface area contributed by atoms with Gasteiger partial charge in [0.25, 0.3) is 5.91 Å². The quantitative estimate of drug-likeness (QED) is 0.860. The van der Waals surface area contributed by atoms with Crippen molar-refractivity contribution in [3.63, 3.8) is 0 Å². The molecule has 0 aromatic carbocycles. The van der Waals surface area contributed by atoms with Crippen LogP contribution in [-0.4, -0.2) is 23.2 Å². The number of thiophene rings is 1.